The summed E-state index contributed by atoms with van der Waals surface area (Å²) in [5.74, 6) is 0. The zero-order valence-electron chi connectivity index (χ0n) is 32.9. The minimum atomic E-state index is 1.09. The molecule has 0 radical (unpaired) electrons. The Kier molecular flexibility index (Phi) is 9.11. The van der Waals surface area contributed by atoms with Crippen molar-refractivity contribution in [1.82, 2.24) is 0 Å². The quantitative estimate of drug-likeness (QED) is 0.148. The van der Waals surface area contributed by atoms with Crippen LogP contribution in [-0.2, 0) is 0 Å². The van der Waals surface area contributed by atoms with E-state index in [1.165, 1.54) is 81.0 Å². The highest BCUT2D eigenvalue weighted by molar-refractivity contribution is 7.25. The van der Waals surface area contributed by atoms with Gasteiger partial charge in [0.2, 0.25) is 0 Å². The number of benzene rings is 10. The maximum Gasteiger partial charge on any atom is 0.0546 e. The van der Waals surface area contributed by atoms with Crippen LogP contribution in [0.1, 0.15) is 0 Å². The zero-order chi connectivity index (χ0) is 39.8. The normalized spacial score (nSPS) is 11.3. The first-order valence-electron chi connectivity index (χ1n) is 20.5. The van der Waals surface area contributed by atoms with E-state index in [1.807, 2.05) is 11.3 Å². The number of anilines is 3. The van der Waals surface area contributed by atoms with Crippen molar-refractivity contribution in [2.24, 2.45) is 0 Å². The van der Waals surface area contributed by atoms with Gasteiger partial charge in [-0.3, -0.25) is 0 Å². The number of thiophene rings is 1. The highest BCUT2D eigenvalue weighted by Gasteiger charge is 2.20. The summed E-state index contributed by atoms with van der Waals surface area (Å²) in [7, 11) is 0. The molecule has 2 heteroatoms. The predicted octanol–water partition coefficient (Wildman–Crippen LogP) is 17.0. The van der Waals surface area contributed by atoms with E-state index in [1.54, 1.807) is 0 Å². The lowest BCUT2D eigenvalue weighted by Crippen LogP contribution is -2.11. The van der Waals surface area contributed by atoms with Gasteiger partial charge in [0.25, 0.3) is 0 Å². The van der Waals surface area contributed by atoms with Crippen molar-refractivity contribution < 1.29 is 0 Å². The Bertz CT molecular complexity index is 3290. The Labute approximate surface area is 354 Å². The molecule has 60 heavy (non-hydrogen) atoms. The first-order valence-corrected chi connectivity index (χ1v) is 21.3. The van der Waals surface area contributed by atoms with Gasteiger partial charge in [-0.1, -0.05) is 182 Å². The molecule has 0 aliphatic carbocycles. The zero-order valence-corrected chi connectivity index (χ0v) is 33.7. The van der Waals surface area contributed by atoms with Crippen LogP contribution in [0.15, 0.2) is 237 Å². The van der Waals surface area contributed by atoms with Crippen molar-refractivity contribution in [3.05, 3.63) is 237 Å². The Morgan fingerprint density at radius 1 is 0.267 bits per heavy atom. The van der Waals surface area contributed by atoms with Gasteiger partial charge in [-0.25, -0.2) is 0 Å². The first-order chi connectivity index (χ1) is 29.7. The van der Waals surface area contributed by atoms with Crippen LogP contribution >= 0.6 is 11.3 Å². The maximum atomic E-state index is 2.44. The highest BCUT2D eigenvalue weighted by atomic mass is 32.1. The van der Waals surface area contributed by atoms with Crippen molar-refractivity contribution in [2.75, 3.05) is 4.90 Å². The van der Waals surface area contributed by atoms with Gasteiger partial charge in [-0.2, -0.15) is 0 Å². The molecule has 0 fully saturated rings. The van der Waals surface area contributed by atoms with E-state index in [4.69, 9.17) is 0 Å². The van der Waals surface area contributed by atoms with Crippen LogP contribution in [0.5, 0.6) is 0 Å². The fourth-order valence-electron chi connectivity index (χ4n) is 8.57. The van der Waals surface area contributed by atoms with Crippen molar-refractivity contribution in [1.29, 1.82) is 0 Å². The van der Waals surface area contributed by atoms with Gasteiger partial charge in [0.1, 0.15) is 0 Å². The third kappa shape index (κ3) is 6.73. The standard InChI is InChI=1S/C58H39NS/c1-3-12-40(13-4-1)42-22-24-43(25-23-42)44-28-32-51(33-29-44)59(52-19-11-18-47(37-52)49-31-35-58-55(38-49)54-20-9-10-21-57(54)60-58)56-39-50(30-34-53(56)45-15-5-2-6-16-45)48-27-26-41-14-7-8-17-46(41)36-48/h1-39H. The van der Waals surface area contributed by atoms with Crippen molar-refractivity contribution in [2.45, 2.75) is 0 Å². The monoisotopic (exact) mass is 781 g/mol. The molecule has 1 heterocycles. The lowest BCUT2D eigenvalue weighted by Gasteiger charge is -2.29. The summed E-state index contributed by atoms with van der Waals surface area (Å²) < 4.78 is 2.63. The van der Waals surface area contributed by atoms with Crippen molar-refractivity contribution >= 4 is 59.3 Å². The fraction of sp³-hybridized carbons (Fsp3) is 0. The van der Waals surface area contributed by atoms with E-state index in [0.29, 0.717) is 0 Å². The molecule has 0 saturated carbocycles. The molecule has 11 aromatic rings. The second-order valence-corrected chi connectivity index (χ2v) is 16.4. The number of rotatable bonds is 8. The molecule has 1 nitrogen and oxygen atoms in total. The Balaban J connectivity index is 1.07. The summed E-state index contributed by atoms with van der Waals surface area (Å²) in [6, 6.07) is 86.3. The van der Waals surface area contributed by atoms with Gasteiger partial charge < -0.3 is 4.90 Å². The smallest absolute Gasteiger partial charge is 0.0546 e. The molecule has 0 saturated heterocycles. The van der Waals surface area contributed by atoms with Crippen LogP contribution in [0.2, 0.25) is 0 Å². The van der Waals surface area contributed by atoms with Gasteiger partial charge in [0, 0.05) is 37.1 Å². The summed E-state index contributed by atoms with van der Waals surface area (Å²) in [6.07, 6.45) is 0. The minimum absolute atomic E-state index is 1.09. The largest absolute Gasteiger partial charge is 0.310 e. The fourth-order valence-corrected chi connectivity index (χ4v) is 9.66. The van der Waals surface area contributed by atoms with E-state index in [2.05, 4.69) is 241 Å². The van der Waals surface area contributed by atoms with E-state index in [0.717, 1.165) is 22.6 Å². The molecule has 1 aromatic heterocycles. The molecule has 0 N–H and O–H groups in total. The second-order valence-electron chi connectivity index (χ2n) is 15.3. The second kappa shape index (κ2) is 15.3. The Morgan fingerprint density at radius 2 is 0.783 bits per heavy atom. The van der Waals surface area contributed by atoms with Gasteiger partial charge in [0.15, 0.2) is 0 Å². The Hall–Kier alpha value is -7.52. The van der Waals surface area contributed by atoms with Crippen LogP contribution in [0.4, 0.5) is 17.1 Å². The summed E-state index contributed by atoms with van der Waals surface area (Å²) in [6.45, 7) is 0. The summed E-state index contributed by atoms with van der Waals surface area (Å²) >= 11 is 1.86. The van der Waals surface area contributed by atoms with Gasteiger partial charge in [0.05, 0.1) is 5.69 Å². The van der Waals surface area contributed by atoms with E-state index < -0.39 is 0 Å². The molecule has 10 aromatic carbocycles. The molecular weight excluding hydrogens is 743 g/mol. The summed E-state index contributed by atoms with van der Waals surface area (Å²) in [5, 5.41) is 5.09. The van der Waals surface area contributed by atoms with Crippen LogP contribution in [0.25, 0.3) is 86.6 Å². The number of fused-ring (bicyclic) bond motifs is 4. The average molecular weight is 782 g/mol. The molecule has 0 amide bonds. The topological polar surface area (TPSA) is 3.24 Å². The Morgan fingerprint density at radius 3 is 1.55 bits per heavy atom. The molecule has 0 aliphatic heterocycles. The lowest BCUT2D eigenvalue weighted by molar-refractivity contribution is 1.28. The molecular formula is C58H39NS. The molecule has 0 bridgehead atoms. The summed E-state index contributed by atoms with van der Waals surface area (Å²) in [5.41, 5.74) is 15.2. The van der Waals surface area contributed by atoms with Crippen LogP contribution < -0.4 is 4.90 Å². The number of hydrogen-bond acceptors (Lipinski definition) is 2. The van der Waals surface area contributed by atoms with Crippen LogP contribution in [0.3, 0.4) is 0 Å². The number of hydrogen-bond donors (Lipinski definition) is 0. The van der Waals surface area contributed by atoms with E-state index in [9.17, 15) is 0 Å². The van der Waals surface area contributed by atoms with E-state index in [-0.39, 0.29) is 0 Å². The number of nitrogens with zero attached hydrogens (tertiary/aromatic N) is 1. The molecule has 282 valence electrons. The van der Waals surface area contributed by atoms with Crippen LogP contribution in [0, 0.1) is 0 Å². The average Bonchev–Trinajstić information content (AvgIpc) is 3.70. The van der Waals surface area contributed by atoms with Gasteiger partial charge in [-0.15, -0.1) is 11.3 Å². The molecule has 0 aliphatic rings. The lowest BCUT2D eigenvalue weighted by atomic mass is 9.95. The maximum absolute atomic E-state index is 2.44. The third-order valence-electron chi connectivity index (χ3n) is 11.7. The molecule has 0 unspecified atom stereocenters. The van der Waals surface area contributed by atoms with E-state index >= 15 is 0 Å². The molecule has 0 atom stereocenters. The van der Waals surface area contributed by atoms with Gasteiger partial charge >= 0.3 is 0 Å². The highest BCUT2D eigenvalue weighted by Crippen LogP contribution is 2.45. The van der Waals surface area contributed by atoms with Crippen LogP contribution in [-0.4, -0.2) is 0 Å². The summed E-state index contributed by atoms with van der Waals surface area (Å²) in [4.78, 5) is 2.44. The van der Waals surface area contributed by atoms with Gasteiger partial charge in [-0.05, 0) is 115 Å². The van der Waals surface area contributed by atoms with Crippen molar-refractivity contribution in [3.8, 4) is 55.6 Å². The van der Waals surface area contributed by atoms with Crippen molar-refractivity contribution in [3.63, 3.8) is 0 Å². The third-order valence-corrected chi connectivity index (χ3v) is 12.8. The molecule has 11 rings (SSSR count). The SMILES string of the molecule is c1ccc(-c2ccc(-c3ccc(N(c4cccc(-c5ccc6sc7ccccc7c6c5)c4)c4cc(-c5ccc6ccccc6c5)ccc4-c4ccccc4)cc3)cc2)cc1. The minimum Gasteiger partial charge on any atom is -0.310 e. The first kappa shape index (κ1) is 35.6. The predicted molar refractivity (Wildman–Crippen MR) is 259 cm³/mol. The molecule has 0 spiro atoms.